The van der Waals surface area contributed by atoms with E-state index >= 15 is 0 Å². The molecule has 0 aromatic heterocycles. The second-order valence-corrected chi connectivity index (χ2v) is 11.0. The SMILES string of the molecule is OCCCOc1cccc(C2=C3C=CC(=N3)C=C3C=CC(=N3)C(c3cccc(OCCCO)c3)=C3C=CC(=N3)C=C3C=CC2=N3)c1. The largest absolute Gasteiger partial charge is 0.493 e. The van der Waals surface area contributed by atoms with Crippen LogP contribution in [0.15, 0.2) is 152 Å². The molecular formula is C38H32N4O4. The molecule has 5 aliphatic heterocycles. The Labute approximate surface area is 267 Å². The number of aliphatic hydroxyl groups excluding tert-OH is 2. The van der Waals surface area contributed by atoms with Gasteiger partial charge in [-0.3, -0.25) is 0 Å². The lowest BCUT2D eigenvalue weighted by Crippen LogP contribution is -2.03. The van der Waals surface area contributed by atoms with Crippen LogP contribution in [0.3, 0.4) is 0 Å². The minimum absolute atomic E-state index is 0.0809. The summed E-state index contributed by atoms with van der Waals surface area (Å²) in [5, 5.41) is 18.3. The van der Waals surface area contributed by atoms with Crippen LogP contribution in [0.5, 0.6) is 11.5 Å². The zero-order chi connectivity index (χ0) is 31.3. The molecule has 0 unspecified atom stereocenters. The van der Waals surface area contributed by atoms with Crippen LogP contribution >= 0.6 is 0 Å². The van der Waals surface area contributed by atoms with Crippen molar-refractivity contribution >= 4 is 34.0 Å². The van der Waals surface area contributed by atoms with E-state index in [-0.39, 0.29) is 13.2 Å². The fourth-order valence-corrected chi connectivity index (χ4v) is 5.54. The Morgan fingerprint density at radius 2 is 1.00 bits per heavy atom. The van der Waals surface area contributed by atoms with Crippen molar-refractivity contribution in [2.45, 2.75) is 12.8 Å². The van der Waals surface area contributed by atoms with Gasteiger partial charge in [0, 0.05) is 37.2 Å². The summed E-state index contributed by atoms with van der Waals surface area (Å²) in [5.41, 5.74) is 9.96. The Balaban J connectivity index is 1.32. The quantitative estimate of drug-likeness (QED) is 0.315. The first-order chi connectivity index (χ1) is 22.7. The summed E-state index contributed by atoms with van der Waals surface area (Å²) in [6.07, 6.45) is 21.0. The number of rotatable bonds is 10. The van der Waals surface area contributed by atoms with Crippen LogP contribution in [0.1, 0.15) is 24.0 Å². The van der Waals surface area contributed by atoms with Crippen molar-refractivity contribution < 1.29 is 19.7 Å². The average molecular weight is 609 g/mol. The number of aliphatic hydroxyl groups is 2. The van der Waals surface area contributed by atoms with E-state index in [1.54, 1.807) is 0 Å². The maximum atomic E-state index is 9.17. The summed E-state index contributed by atoms with van der Waals surface area (Å²) in [6.45, 7) is 1.03. The molecule has 228 valence electrons. The minimum atomic E-state index is 0.0809. The molecule has 2 aromatic carbocycles. The third kappa shape index (κ3) is 6.35. The molecule has 0 aliphatic carbocycles. The summed E-state index contributed by atoms with van der Waals surface area (Å²) in [5.74, 6) is 1.44. The molecule has 7 rings (SSSR count). The van der Waals surface area contributed by atoms with Gasteiger partial charge in [0.25, 0.3) is 0 Å². The number of hydrogen-bond acceptors (Lipinski definition) is 8. The van der Waals surface area contributed by atoms with Gasteiger partial charge >= 0.3 is 0 Å². The molecule has 0 amide bonds. The third-order valence-electron chi connectivity index (χ3n) is 7.65. The zero-order valence-electron chi connectivity index (χ0n) is 25.1. The van der Waals surface area contributed by atoms with Crippen LogP contribution in [0.2, 0.25) is 0 Å². The summed E-state index contributed by atoms with van der Waals surface area (Å²) >= 11 is 0. The van der Waals surface area contributed by atoms with Crippen molar-refractivity contribution in [2.75, 3.05) is 26.4 Å². The second-order valence-electron chi connectivity index (χ2n) is 11.0. The summed E-state index contributed by atoms with van der Waals surface area (Å²) in [7, 11) is 0. The van der Waals surface area contributed by atoms with Gasteiger partial charge in [-0.25, -0.2) is 20.0 Å². The van der Waals surface area contributed by atoms with E-state index in [1.165, 1.54) is 0 Å². The third-order valence-corrected chi connectivity index (χ3v) is 7.65. The molecule has 5 heterocycles. The molecule has 46 heavy (non-hydrogen) atoms. The Hall–Kier alpha value is -5.44. The van der Waals surface area contributed by atoms with E-state index in [2.05, 4.69) is 0 Å². The van der Waals surface area contributed by atoms with Crippen LogP contribution in [-0.2, 0) is 0 Å². The molecule has 2 aromatic rings. The summed E-state index contributed by atoms with van der Waals surface area (Å²) in [6, 6.07) is 15.8. The van der Waals surface area contributed by atoms with Gasteiger partial charge in [0.1, 0.15) is 11.5 Å². The fraction of sp³-hybridized carbons (Fsp3) is 0.158. The number of hydrogen-bond donors (Lipinski definition) is 2. The van der Waals surface area contributed by atoms with Crippen LogP contribution in [0, 0.1) is 0 Å². The van der Waals surface area contributed by atoms with Crippen LogP contribution < -0.4 is 9.47 Å². The normalized spacial score (nSPS) is 17.7. The van der Waals surface area contributed by atoms with E-state index in [9.17, 15) is 10.2 Å². The van der Waals surface area contributed by atoms with E-state index in [0.29, 0.717) is 26.1 Å². The van der Waals surface area contributed by atoms with Crippen LogP contribution in [0.4, 0.5) is 0 Å². The molecule has 8 heteroatoms. The van der Waals surface area contributed by atoms with Gasteiger partial charge in [-0.1, -0.05) is 24.3 Å². The number of benzene rings is 2. The number of aliphatic imine (C=N–C) groups is 4. The lowest BCUT2D eigenvalue weighted by molar-refractivity contribution is 0.233. The Kier molecular flexibility index (Phi) is 8.45. The number of ether oxygens (including phenoxy) is 2. The van der Waals surface area contributed by atoms with Crippen molar-refractivity contribution in [1.82, 2.24) is 0 Å². The lowest BCUT2D eigenvalue weighted by atomic mass is 9.98. The standard InChI is InChI=1S/C38H32N4O4/c43-17-3-19-45-31-7-1-5-25(21-31)37-33-13-9-27(39-33)23-29-11-15-35(41-29)38(26-6-2-8-32(22-26)46-20-4-18-44)36-16-12-30(42-36)24-28-10-14-34(37)40-28/h1-2,5-16,21-24,43-44H,3-4,17-20H2. The maximum absolute atomic E-state index is 9.17. The van der Waals surface area contributed by atoms with Crippen molar-refractivity contribution in [1.29, 1.82) is 0 Å². The van der Waals surface area contributed by atoms with Crippen molar-refractivity contribution in [3.63, 3.8) is 0 Å². The molecule has 8 bridgehead atoms. The average Bonchev–Trinajstić information content (AvgIpc) is 3.89. The minimum Gasteiger partial charge on any atom is -0.493 e. The Bertz CT molecular complexity index is 1820. The number of nitrogens with zero attached hydrogens (tertiary/aromatic N) is 4. The topological polar surface area (TPSA) is 108 Å². The number of fused-ring (bicyclic) bond motifs is 4. The Morgan fingerprint density at radius 1 is 0.522 bits per heavy atom. The molecule has 0 fully saturated rings. The molecule has 5 aliphatic rings. The van der Waals surface area contributed by atoms with Crippen molar-refractivity contribution in [2.24, 2.45) is 20.0 Å². The van der Waals surface area contributed by atoms with Gasteiger partial charge in [0.05, 0.1) is 58.8 Å². The highest BCUT2D eigenvalue weighted by molar-refractivity contribution is 6.34. The molecule has 0 spiro atoms. The smallest absolute Gasteiger partial charge is 0.119 e. The lowest BCUT2D eigenvalue weighted by Gasteiger charge is -2.12. The first-order valence-electron chi connectivity index (χ1n) is 15.3. The molecule has 0 saturated carbocycles. The highest BCUT2D eigenvalue weighted by atomic mass is 16.5. The molecule has 0 radical (unpaired) electrons. The van der Waals surface area contributed by atoms with Crippen LogP contribution in [0.25, 0.3) is 11.1 Å². The zero-order valence-corrected chi connectivity index (χ0v) is 25.1. The second kappa shape index (κ2) is 13.3. The Morgan fingerprint density at radius 3 is 1.46 bits per heavy atom. The van der Waals surface area contributed by atoms with Gasteiger partial charge in [-0.15, -0.1) is 0 Å². The predicted molar refractivity (Wildman–Crippen MR) is 184 cm³/mol. The van der Waals surface area contributed by atoms with E-state index in [4.69, 9.17) is 29.4 Å². The van der Waals surface area contributed by atoms with Gasteiger partial charge in [-0.2, -0.15) is 0 Å². The van der Waals surface area contributed by atoms with E-state index < -0.39 is 0 Å². The van der Waals surface area contributed by atoms with E-state index in [1.807, 2.05) is 109 Å². The summed E-state index contributed by atoms with van der Waals surface area (Å²) in [4.78, 5) is 20.0. The fourth-order valence-electron chi connectivity index (χ4n) is 5.54. The maximum Gasteiger partial charge on any atom is 0.119 e. The predicted octanol–water partition coefficient (Wildman–Crippen LogP) is 6.16. The molecule has 0 atom stereocenters. The number of allylic oxidation sites excluding steroid dienone is 12. The molecule has 2 N–H and O–H groups in total. The van der Waals surface area contributed by atoms with Crippen LogP contribution in [-0.4, -0.2) is 59.5 Å². The molecular weight excluding hydrogens is 576 g/mol. The molecule has 0 saturated heterocycles. The van der Waals surface area contributed by atoms with Crippen molar-refractivity contribution in [3.8, 4) is 11.5 Å². The first kappa shape index (κ1) is 29.3. The van der Waals surface area contributed by atoms with Gasteiger partial charge in [0.2, 0.25) is 0 Å². The highest BCUT2D eigenvalue weighted by Crippen LogP contribution is 2.34. The van der Waals surface area contributed by atoms with Crippen molar-refractivity contribution in [3.05, 3.63) is 143 Å². The molecule has 8 nitrogen and oxygen atoms in total. The summed E-state index contributed by atoms with van der Waals surface area (Å²) < 4.78 is 11.8. The van der Waals surface area contributed by atoms with Gasteiger partial charge in [-0.05, 0) is 96.2 Å². The highest BCUT2D eigenvalue weighted by Gasteiger charge is 2.22. The first-order valence-corrected chi connectivity index (χ1v) is 15.3. The van der Waals surface area contributed by atoms with Gasteiger partial charge in [0.15, 0.2) is 0 Å². The van der Waals surface area contributed by atoms with E-state index in [0.717, 1.165) is 79.4 Å². The monoisotopic (exact) mass is 608 g/mol. The van der Waals surface area contributed by atoms with Gasteiger partial charge < -0.3 is 19.7 Å².